The van der Waals surface area contributed by atoms with E-state index in [1.54, 1.807) is 33.8 Å². The van der Waals surface area contributed by atoms with Gasteiger partial charge in [0.05, 0.1) is 19.1 Å². The molecule has 0 saturated heterocycles. The number of amides is 2. The van der Waals surface area contributed by atoms with Crippen molar-refractivity contribution in [3.63, 3.8) is 0 Å². The number of thioether (sulfide) groups is 1. The summed E-state index contributed by atoms with van der Waals surface area (Å²) in [6, 6.07) is 0.679. The SMILES string of the molecule is COC(=O)[C@@H](CSCc1c(O[Si](C)(C)C(C)(C)C)cc(O[Si](C)(C)C(C)(C)C)c(C)c1C(=O)O)NC(=O)C[C@@H](O)NC(=O)OC(C)(C)C. The summed E-state index contributed by atoms with van der Waals surface area (Å²) in [6.45, 7) is 27.7. The maximum Gasteiger partial charge on any atom is 0.409 e. The Morgan fingerprint density at radius 1 is 0.875 bits per heavy atom. The van der Waals surface area contributed by atoms with Crippen LogP contribution in [0.3, 0.4) is 0 Å². The molecule has 2 amide bonds. The lowest BCUT2D eigenvalue weighted by atomic mass is 10.0. The number of aliphatic hydroxyl groups is 1. The molecule has 0 aliphatic carbocycles. The van der Waals surface area contributed by atoms with E-state index in [-0.39, 0.29) is 27.1 Å². The molecular formula is C33H58N2O10SSi2. The van der Waals surface area contributed by atoms with Gasteiger partial charge in [-0.05, 0) is 64.0 Å². The van der Waals surface area contributed by atoms with Gasteiger partial charge in [0.25, 0.3) is 0 Å². The van der Waals surface area contributed by atoms with Crippen molar-refractivity contribution in [3.8, 4) is 11.5 Å². The van der Waals surface area contributed by atoms with Gasteiger partial charge in [-0.3, -0.25) is 10.1 Å². The van der Waals surface area contributed by atoms with E-state index < -0.39 is 64.9 Å². The van der Waals surface area contributed by atoms with Crippen molar-refractivity contribution in [2.24, 2.45) is 0 Å². The van der Waals surface area contributed by atoms with E-state index in [0.29, 0.717) is 22.6 Å². The van der Waals surface area contributed by atoms with Crippen LogP contribution in [0.25, 0.3) is 0 Å². The van der Waals surface area contributed by atoms with E-state index in [1.165, 1.54) is 18.9 Å². The molecule has 48 heavy (non-hydrogen) atoms. The van der Waals surface area contributed by atoms with Crippen LogP contribution in [-0.2, 0) is 24.8 Å². The second-order valence-electron chi connectivity index (χ2n) is 15.9. The lowest BCUT2D eigenvalue weighted by molar-refractivity contribution is -0.144. The first-order valence-corrected chi connectivity index (χ1v) is 22.9. The van der Waals surface area contributed by atoms with Crippen molar-refractivity contribution in [1.82, 2.24) is 10.6 Å². The molecule has 0 aliphatic rings. The third kappa shape index (κ3) is 12.6. The summed E-state index contributed by atoms with van der Waals surface area (Å²) in [5, 5.41) is 25.0. The molecule has 0 fully saturated rings. The van der Waals surface area contributed by atoms with E-state index >= 15 is 0 Å². The summed E-state index contributed by atoms with van der Waals surface area (Å²) < 4.78 is 23.4. The topological polar surface area (TPSA) is 170 Å². The molecule has 0 aliphatic heterocycles. The molecule has 0 heterocycles. The van der Waals surface area contributed by atoms with E-state index in [1.807, 2.05) is 0 Å². The van der Waals surface area contributed by atoms with Gasteiger partial charge >= 0.3 is 18.0 Å². The number of methoxy groups -OCH3 is 1. The van der Waals surface area contributed by atoms with Gasteiger partial charge in [0.1, 0.15) is 29.4 Å². The van der Waals surface area contributed by atoms with E-state index in [9.17, 15) is 29.4 Å². The smallest absolute Gasteiger partial charge is 0.409 e. The van der Waals surface area contributed by atoms with Gasteiger partial charge in [-0.25, -0.2) is 14.4 Å². The van der Waals surface area contributed by atoms with E-state index in [4.69, 9.17) is 18.3 Å². The molecule has 0 saturated carbocycles. The molecule has 1 rings (SSSR count). The monoisotopic (exact) mass is 730 g/mol. The Kier molecular flexibility index (Phi) is 14.7. The highest BCUT2D eigenvalue weighted by atomic mass is 32.2. The molecule has 2 atom stereocenters. The zero-order chi connectivity index (χ0) is 37.6. The molecular weight excluding hydrogens is 673 g/mol. The number of carboxylic acid groups (broad SMARTS) is 1. The number of esters is 1. The van der Waals surface area contributed by atoms with Crippen LogP contribution >= 0.6 is 11.8 Å². The third-order valence-electron chi connectivity index (χ3n) is 8.58. The fourth-order valence-corrected chi connectivity index (χ4v) is 6.96. The van der Waals surface area contributed by atoms with E-state index in [2.05, 4.69) is 78.4 Å². The van der Waals surface area contributed by atoms with Gasteiger partial charge in [-0.15, -0.1) is 0 Å². The van der Waals surface area contributed by atoms with Crippen LogP contribution < -0.4 is 19.5 Å². The predicted molar refractivity (Wildman–Crippen MR) is 194 cm³/mol. The third-order valence-corrected chi connectivity index (χ3v) is 18.3. The highest BCUT2D eigenvalue weighted by molar-refractivity contribution is 7.98. The van der Waals surface area contributed by atoms with Crippen LogP contribution in [0.2, 0.25) is 36.3 Å². The van der Waals surface area contributed by atoms with Gasteiger partial charge in [0, 0.05) is 28.7 Å². The Labute approximate surface area is 292 Å². The van der Waals surface area contributed by atoms with Crippen molar-refractivity contribution in [3.05, 3.63) is 22.8 Å². The van der Waals surface area contributed by atoms with Crippen LogP contribution in [-0.4, -0.2) is 81.5 Å². The van der Waals surface area contributed by atoms with Crippen LogP contribution in [0.4, 0.5) is 4.79 Å². The molecule has 0 aromatic heterocycles. The van der Waals surface area contributed by atoms with Gasteiger partial charge < -0.3 is 33.9 Å². The minimum absolute atomic E-state index is 0.0217. The molecule has 1 aromatic rings. The molecule has 1 aromatic carbocycles. The van der Waals surface area contributed by atoms with E-state index in [0.717, 1.165) is 0 Å². The fourth-order valence-electron chi connectivity index (χ4n) is 3.79. The maximum atomic E-state index is 12.8. The Balaban J connectivity index is 3.42. The van der Waals surface area contributed by atoms with Crippen molar-refractivity contribution in [2.45, 2.75) is 136 Å². The molecule has 12 nitrogen and oxygen atoms in total. The zero-order valence-electron chi connectivity index (χ0n) is 31.4. The van der Waals surface area contributed by atoms with Gasteiger partial charge in [0.15, 0.2) is 0 Å². The molecule has 0 radical (unpaired) electrons. The average Bonchev–Trinajstić information content (AvgIpc) is 2.86. The Bertz CT molecular complexity index is 1330. The second-order valence-corrected chi connectivity index (χ2v) is 26.4. The number of hydrogen-bond donors (Lipinski definition) is 4. The van der Waals surface area contributed by atoms with Crippen LogP contribution in [0.15, 0.2) is 6.07 Å². The average molecular weight is 731 g/mol. The summed E-state index contributed by atoms with van der Waals surface area (Å²) in [7, 11) is -3.63. The Morgan fingerprint density at radius 3 is 1.81 bits per heavy atom. The summed E-state index contributed by atoms with van der Waals surface area (Å²) >= 11 is 1.22. The number of alkyl carbamates (subject to hydrolysis) is 1. The molecule has 0 bridgehead atoms. The number of carboxylic acids is 1. The highest BCUT2D eigenvalue weighted by Gasteiger charge is 2.42. The number of nitrogens with one attached hydrogen (secondary N) is 2. The first-order valence-electron chi connectivity index (χ1n) is 15.9. The number of aliphatic hydroxyl groups excluding tert-OH is 1. The first kappa shape index (κ1) is 43.3. The van der Waals surface area contributed by atoms with Crippen LogP contribution in [0.1, 0.15) is 90.2 Å². The normalized spacial score (nSPS) is 14.0. The number of hydrogen-bond acceptors (Lipinski definition) is 10. The number of rotatable bonds is 14. The van der Waals surface area contributed by atoms with Gasteiger partial charge in [-0.2, -0.15) is 11.8 Å². The molecule has 0 spiro atoms. The first-order chi connectivity index (χ1) is 21.5. The Morgan fingerprint density at radius 2 is 1.38 bits per heavy atom. The van der Waals surface area contributed by atoms with Crippen molar-refractivity contribution < 1.29 is 47.7 Å². The number of ether oxygens (including phenoxy) is 2. The number of aromatic carboxylic acids is 1. The lowest BCUT2D eigenvalue weighted by Crippen LogP contribution is -2.47. The maximum absolute atomic E-state index is 12.8. The number of benzene rings is 1. The highest BCUT2D eigenvalue weighted by Crippen LogP contribution is 2.44. The van der Waals surface area contributed by atoms with Crippen molar-refractivity contribution in [1.29, 1.82) is 0 Å². The molecule has 4 N–H and O–H groups in total. The Hall–Kier alpha value is -2.76. The predicted octanol–water partition coefficient (Wildman–Crippen LogP) is 6.59. The number of carbonyl (C=O) groups excluding carboxylic acids is 3. The van der Waals surface area contributed by atoms with Crippen molar-refractivity contribution in [2.75, 3.05) is 12.9 Å². The standard InChI is InChI=1S/C33H58N2O10SSi2/c1-20-23(44-47(12,13)32(5,6)7)16-24(45-48(14,15)33(8,9)10)21(27(20)28(38)39)18-46-19-22(29(40)42-11)34-25(36)17-26(37)35-30(41)43-31(2,3)4/h16,22,26,37H,17-19H2,1-15H3,(H,34,36)(H,35,41)(H,38,39)/t22-,26-/m1/s1. The summed E-state index contributed by atoms with van der Waals surface area (Å²) in [5.74, 6) is -1.53. The molecule has 274 valence electrons. The largest absolute Gasteiger partial charge is 0.543 e. The minimum Gasteiger partial charge on any atom is -0.543 e. The quantitative estimate of drug-likeness (QED) is 0.0926. The summed E-state index contributed by atoms with van der Waals surface area (Å²) in [4.78, 5) is 50.1. The van der Waals surface area contributed by atoms with Crippen molar-refractivity contribution >= 4 is 52.3 Å². The zero-order valence-corrected chi connectivity index (χ0v) is 34.2. The molecule has 15 heteroatoms. The molecule has 0 unspecified atom stereocenters. The van der Waals surface area contributed by atoms with Gasteiger partial charge in [0.2, 0.25) is 22.5 Å². The van der Waals surface area contributed by atoms with Crippen LogP contribution in [0.5, 0.6) is 11.5 Å². The lowest BCUT2D eigenvalue weighted by Gasteiger charge is -2.39. The van der Waals surface area contributed by atoms with Gasteiger partial charge in [-0.1, -0.05) is 41.5 Å². The number of carbonyl (C=O) groups is 4. The summed E-state index contributed by atoms with van der Waals surface area (Å²) in [5.41, 5.74) is 0.202. The summed E-state index contributed by atoms with van der Waals surface area (Å²) in [6.07, 6.45) is -3.00. The fraction of sp³-hybridized carbons (Fsp3) is 0.697. The minimum atomic E-state index is -2.46. The second kappa shape index (κ2) is 16.3. The van der Waals surface area contributed by atoms with Crippen LogP contribution in [0, 0.1) is 6.92 Å².